The molecule has 174 valence electrons. The van der Waals surface area contributed by atoms with Crippen LogP contribution in [0.25, 0.3) is 0 Å². The van der Waals surface area contributed by atoms with Gasteiger partial charge in [0.15, 0.2) is 9.84 Å². The highest BCUT2D eigenvalue weighted by molar-refractivity contribution is 7.90. The molecule has 0 bridgehead atoms. The van der Waals surface area contributed by atoms with Gasteiger partial charge in [0.05, 0.1) is 17.8 Å². The average Bonchev–Trinajstić information content (AvgIpc) is 3.28. The van der Waals surface area contributed by atoms with Crippen LogP contribution in [0.4, 0.5) is 0 Å². The highest BCUT2D eigenvalue weighted by Gasteiger charge is 2.23. The third-order valence-corrected chi connectivity index (χ3v) is 7.17. The number of carbonyl (C=O) groups is 1. The summed E-state index contributed by atoms with van der Waals surface area (Å²) in [7, 11) is -0.0859. The fraction of sp³-hybridized carbons (Fsp3) is 0.154. The van der Waals surface area contributed by atoms with E-state index in [1.807, 2.05) is 42.1 Å². The molecule has 0 aliphatic rings. The van der Waals surface area contributed by atoms with Crippen molar-refractivity contribution in [1.29, 1.82) is 0 Å². The molecule has 1 N–H and O–H groups in total. The van der Waals surface area contributed by atoms with Gasteiger partial charge in [0, 0.05) is 25.0 Å². The zero-order valence-electron chi connectivity index (χ0n) is 18.9. The highest BCUT2D eigenvalue weighted by Crippen LogP contribution is 2.25. The Morgan fingerprint density at radius 2 is 1.79 bits per heavy atom. The van der Waals surface area contributed by atoms with E-state index in [1.54, 1.807) is 67.9 Å². The van der Waals surface area contributed by atoms with Gasteiger partial charge in [0.2, 0.25) is 0 Å². The van der Waals surface area contributed by atoms with E-state index in [9.17, 15) is 13.2 Å². The second kappa shape index (κ2) is 9.93. The summed E-state index contributed by atoms with van der Waals surface area (Å²) in [5.41, 5.74) is 1.71. The van der Waals surface area contributed by atoms with Crippen molar-refractivity contribution in [2.75, 3.05) is 7.11 Å². The van der Waals surface area contributed by atoms with Crippen LogP contribution in [0.1, 0.15) is 33.4 Å². The summed E-state index contributed by atoms with van der Waals surface area (Å²) in [6.07, 6.45) is 3.48. The number of nitrogens with one attached hydrogen (secondary N) is 1. The van der Waals surface area contributed by atoms with E-state index < -0.39 is 15.9 Å². The lowest BCUT2D eigenvalue weighted by molar-refractivity contribution is 0.0941. The lowest BCUT2D eigenvalue weighted by atomic mass is 10.0. The van der Waals surface area contributed by atoms with Gasteiger partial charge in [0.25, 0.3) is 5.91 Å². The van der Waals surface area contributed by atoms with Crippen molar-refractivity contribution in [2.45, 2.75) is 16.7 Å². The van der Waals surface area contributed by atoms with Crippen molar-refractivity contribution in [3.8, 4) is 5.75 Å². The van der Waals surface area contributed by atoms with Crippen LogP contribution in [-0.2, 0) is 22.6 Å². The SMILES string of the molecule is COc1cccc(C(NC(=O)c2cccc(CS(=O)(=O)c3ccccc3)c2)c2nccn2C)c1. The molecule has 0 saturated heterocycles. The molecule has 7 nitrogen and oxygen atoms in total. The van der Waals surface area contributed by atoms with Crippen LogP contribution in [0.5, 0.6) is 5.75 Å². The maximum atomic E-state index is 13.2. The first-order valence-corrected chi connectivity index (χ1v) is 12.3. The Labute approximate surface area is 199 Å². The summed E-state index contributed by atoms with van der Waals surface area (Å²) >= 11 is 0. The van der Waals surface area contributed by atoms with E-state index in [1.165, 1.54) is 0 Å². The third-order valence-electron chi connectivity index (χ3n) is 5.47. The van der Waals surface area contributed by atoms with E-state index >= 15 is 0 Å². The second-order valence-corrected chi connectivity index (χ2v) is 9.84. The Balaban J connectivity index is 1.61. The van der Waals surface area contributed by atoms with Gasteiger partial charge in [-0.3, -0.25) is 4.79 Å². The van der Waals surface area contributed by atoms with Crippen molar-refractivity contribution in [3.63, 3.8) is 0 Å². The number of aromatic nitrogens is 2. The van der Waals surface area contributed by atoms with E-state index in [4.69, 9.17) is 4.74 Å². The molecule has 0 saturated carbocycles. The first kappa shape index (κ1) is 23.3. The summed E-state index contributed by atoms with van der Waals surface area (Å²) in [5, 5.41) is 3.04. The molecule has 0 aliphatic heterocycles. The maximum absolute atomic E-state index is 13.2. The number of imidazole rings is 1. The predicted molar refractivity (Wildman–Crippen MR) is 129 cm³/mol. The summed E-state index contributed by atoms with van der Waals surface area (Å²) in [6, 6.07) is 21.8. The van der Waals surface area contributed by atoms with Crippen molar-refractivity contribution in [1.82, 2.24) is 14.9 Å². The van der Waals surface area contributed by atoms with Gasteiger partial charge in [-0.2, -0.15) is 0 Å². The van der Waals surface area contributed by atoms with Crippen LogP contribution >= 0.6 is 0 Å². The van der Waals surface area contributed by atoms with Crippen LogP contribution in [0, 0.1) is 0 Å². The first-order chi connectivity index (χ1) is 16.4. The molecule has 34 heavy (non-hydrogen) atoms. The Kier molecular flexibility index (Phi) is 6.79. The van der Waals surface area contributed by atoms with E-state index in [2.05, 4.69) is 10.3 Å². The average molecular weight is 476 g/mol. The largest absolute Gasteiger partial charge is 0.497 e. The van der Waals surface area contributed by atoms with Crippen LogP contribution in [0.2, 0.25) is 0 Å². The lowest BCUT2D eigenvalue weighted by Crippen LogP contribution is -2.31. The topological polar surface area (TPSA) is 90.3 Å². The number of ether oxygens (including phenoxy) is 1. The molecule has 0 aliphatic carbocycles. The molecule has 3 aromatic carbocycles. The van der Waals surface area contributed by atoms with Crippen molar-refractivity contribution >= 4 is 15.7 Å². The number of sulfone groups is 1. The number of hydrogen-bond acceptors (Lipinski definition) is 5. The van der Waals surface area contributed by atoms with Gasteiger partial charge in [0.1, 0.15) is 17.6 Å². The highest BCUT2D eigenvalue weighted by atomic mass is 32.2. The number of aryl methyl sites for hydroxylation is 1. The Bertz CT molecular complexity index is 1400. The van der Waals surface area contributed by atoms with Gasteiger partial charge in [-0.05, 0) is 47.5 Å². The molecular weight excluding hydrogens is 450 g/mol. The molecule has 0 spiro atoms. The minimum absolute atomic E-state index is 0.198. The van der Waals surface area contributed by atoms with Crippen LogP contribution in [0.15, 0.2) is 96.2 Å². The number of hydrogen-bond donors (Lipinski definition) is 1. The summed E-state index contributed by atoms with van der Waals surface area (Å²) in [5.74, 6) is 0.787. The monoisotopic (exact) mass is 475 g/mol. The molecule has 1 amide bonds. The molecule has 1 heterocycles. The third kappa shape index (κ3) is 5.18. The van der Waals surface area contributed by atoms with Gasteiger partial charge in [-0.15, -0.1) is 0 Å². The number of nitrogens with zero attached hydrogens (tertiary/aromatic N) is 2. The van der Waals surface area contributed by atoms with Gasteiger partial charge in [-0.25, -0.2) is 13.4 Å². The molecule has 4 aromatic rings. The quantitative estimate of drug-likeness (QED) is 0.417. The second-order valence-electron chi connectivity index (χ2n) is 7.85. The number of amides is 1. The Morgan fingerprint density at radius 1 is 1.03 bits per heavy atom. The van der Waals surface area contributed by atoms with Gasteiger partial charge in [-0.1, -0.05) is 42.5 Å². The van der Waals surface area contributed by atoms with Crippen molar-refractivity contribution in [2.24, 2.45) is 7.05 Å². The predicted octanol–water partition coefficient (Wildman–Crippen LogP) is 3.92. The summed E-state index contributed by atoms with van der Waals surface area (Å²) < 4.78 is 32.7. The number of rotatable bonds is 8. The van der Waals surface area contributed by atoms with Crippen LogP contribution in [0.3, 0.4) is 0 Å². The standard InChI is InChI=1S/C26H25N3O4S/c1-29-15-14-27-25(29)24(20-9-7-11-22(17-20)33-2)28-26(30)21-10-6-8-19(16-21)18-34(31,32)23-12-4-3-5-13-23/h3-17,24H,18H2,1-2H3,(H,28,30). The molecular formula is C26H25N3O4S. The van der Waals surface area contributed by atoms with E-state index in [0.29, 0.717) is 22.7 Å². The molecule has 8 heteroatoms. The fourth-order valence-corrected chi connectivity index (χ4v) is 5.08. The molecule has 1 unspecified atom stereocenters. The summed E-state index contributed by atoms with van der Waals surface area (Å²) in [4.78, 5) is 17.9. The van der Waals surface area contributed by atoms with Crippen molar-refractivity contribution < 1.29 is 17.9 Å². The molecule has 1 aromatic heterocycles. The van der Waals surface area contributed by atoms with Gasteiger partial charge >= 0.3 is 0 Å². The van der Waals surface area contributed by atoms with E-state index in [0.717, 1.165) is 5.56 Å². The smallest absolute Gasteiger partial charge is 0.252 e. The molecule has 4 rings (SSSR count). The van der Waals surface area contributed by atoms with Gasteiger partial charge < -0.3 is 14.6 Å². The van der Waals surface area contributed by atoms with Crippen LogP contribution < -0.4 is 10.1 Å². The lowest BCUT2D eigenvalue weighted by Gasteiger charge is -2.20. The Morgan fingerprint density at radius 3 is 2.50 bits per heavy atom. The molecule has 0 radical (unpaired) electrons. The number of carbonyl (C=O) groups excluding carboxylic acids is 1. The van der Waals surface area contributed by atoms with Crippen LogP contribution in [-0.4, -0.2) is 31.0 Å². The minimum atomic E-state index is -3.53. The normalized spacial score (nSPS) is 12.2. The zero-order valence-corrected chi connectivity index (χ0v) is 19.7. The maximum Gasteiger partial charge on any atom is 0.252 e. The minimum Gasteiger partial charge on any atom is -0.497 e. The first-order valence-electron chi connectivity index (χ1n) is 10.7. The van der Waals surface area contributed by atoms with E-state index in [-0.39, 0.29) is 16.6 Å². The summed E-state index contributed by atoms with van der Waals surface area (Å²) in [6.45, 7) is 0. The zero-order chi connectivity index (χ0) is 24.1. The molecule has 1 atom stereocenters. The van der Waals surface area contributed by atoms with Crippen molar-refractivity contribution in [3.05, 3.63) is 114 Å². The number of methoxy groups -OCH3 is 1. The number of benzene rings is 3. The Hall–Kier alpha value is -3.91. The molecule has 0 fully saturated rings. The fourth-order valence-electron chi connectivity index (χ4n) is 3.72.